The Kier molecular flexibility index (Phi) is 4.35. The molecule has 2 aromatic heterocycles. The van der Waals surface area contributed by atoms with E-state index in [0.717, 1.165) is 17.3 Å². The molecule has 19 heavy (non-hydrogen) atoms. The normalized spacial score (nSPS) is 10.5. The minimum Gasteiger partial charge on any atom is -0.396 e. The molecule has 0 aliphatic heterocycles. The van der Waals surface area contributed by atoms with Crippen molar-refractivity contribution in [2.75, 3.05) is 30.4 Å². The molecule has 2 rings (SSSR count). The topological polar surface area (TPSA) is 77.1 Å². The van der Waals surface area contributed by atoms with Crippen LogP contribution in [0.2, 0.25) is 0 Å². The van der Waals surface area contributed by atoms with Gasteiger partial charge in [-0.2, -0.15) is 0 Å². The molecule has 0 aromatic carbocycles. The van der Waals surface area contributed by atoms with Crippen LogP contribution >= 0.6 is 0 Å². The summed E-state index contributed by atoms with van der Waals surface area (Å²) in [6.07, 6.45) is 4.49. The Hall–Kier alpha value is -2.08. The average Bonchev–Trinajstić information content (AvgIpc) is 2.91. The Bertz CT molecular complexity index is 512. The van der Waals surface area contributed by atoms with Crippen molar-refractivity contribution in [3.63, 3.8) is 0 Å². The predicted octanol–water partition coefficient (Wildman–Crippen LogP) is 1.68. The third kappa shape index (κ3) is 3.45. The van der Waals surface area contributed by atoms with Gasteiger partial charge in [0, 0.05) is 38.7 Å². The largest absolute Gasteiger partial charge is 0.396 e. The van der Waals surface area contributed by atoms with E-state index in [1.54, 1.807) is 0 Å². The number of nitrogens with one attached hydrogen (secondary N) is 2. The average molecular weight is 261 g/mol. The van der Waals surface area contributed by atoms with Gasteiger partial charge in [0.25, 0.3) is 0 Å². The van der Waals surface area contributed by atoms with E-state index in [9.17, 15) is 0 Å². The molecule has 0 amide bonds. The van der Waals surface area contributed by atoms with Crippen LogP contribution in [-0.2, 0) is 0 Å². The van der Waals surface area contributed by atoms with Gasteiger partial charge in [0.1, 0.15) is 17.5 Å². The summed E-state index contributed by atoms with van der Waals surface area (Å²) in [7, 11) is 1.96. The minimum atomic E-state index is 0.174. The third-order valence-electron chi connectivity index (χ3n) is 2.78. The summed E-state index contributed by atoms with van der Waals surface area (Å²) in [5.74, 6) is 2.32. The van der Waals surface area contributed by atoms with Gasteiger partial charge in [-0.3, -0.25) is 0 Å². The number of aromatic amines is 1. The van der Waals surface area contributed by atoms with Gasteiger partial charge in [0.2, 0.25) is 0 Å². The number of rotatable bonds is 6. The van der Waals surface area contributed by atoms with Crippen LogP contribution in [0.15, 0.2) is 24.5 Å². The highest BCUT2D eigenvalue weighted by atomic mass is 16.3. The molecule has 0 bridgehead atoms. The van der Waals surface area contributed by atoms with E-state index in [4.69, 9.17) is 5.11 Å². The lowest BCUT2D eigenvalue weighted by atomic mass is 10.4. The maximum absolute atomic E-state index is 8.78. The smallest absolute Gasteiger partial charge is 0.138 e. The zero-order valence-corrected chi connectivity index (χ0v) is 11.2. The highest BCUT2D eigenvalue weighted by Crippen LogP contribution is 2.22. The first kappa shape index (κ1) is 13.4. The first-order valence-electron chi connectivity index (χ1n) is 6.27. The molecule has 0 saturated carbocycles. The van der Waals surface area contributed by atoms with Crippen molar-refractivity contribution in [2.45, 2.75) is 13.3 Å². The molecular weight excluding hydrogens is 242 g/mol. The van der Waals surface area contributed by atoms with Gasteiger partial charge in [-0.25, -0.2) is 9.97 Å². The Labute approximate surface area is 112 Å². The van der Waals surface area contributed by atoms with Gasteiger partial charge in [-0.15, -0.1) is 0 Å². The quantitative estimate of drug-likeness (QED) is 0.690. The number of nitrogens with zero attached hydrogens (tertiary/aromatic N) is 3. The van der Waals surface area contributed by atoms with Crippen molar-refractivity contribution in [1.29, 1.82) is 0 Å². The van der Waals surface area contributed by atoms with Crippen LogP contribution in [0.5, 0.6) is 0 Å². The first-order chi connectivity index (χ1) is 9.20. The van der Waals surface area contributed by atoms with Crippen LogP contribution in [-0.4, -0.2) is 40.3 Å². The van der Waals surface area contributed by atoms with Crippen LogP contribution in [0.25, 0.3) is 0 Å². The van der Waals surface area contributed by atoms with Crippen molar-refractivity contribution < 1.29 is 5.11 Å². The molecule has 0 saturated heterocycles. The third-order valence-corrected chi connectivity index (χ3v) is 2.78. The number of hydrogen-bond acceptors (Lipinski definition) is 5. The maximum atomic E-state index is 8.78. The van der Waals surface area contributed by atoms with Gasteiger partial charge in [0.05, 0.1) is 5.69 Å². The minimum absolute atomic E-state index is 0.174. The molecule has 0 aliphatic carbocycles. The second-order valence-electron chi connectivity index (χ2n) is 4.29. The molecule has 0 radical (unpaired) electrons. The Balaban J connectivity index is 2.16. The van der Waals surface area contributed by atoms with Gasteiger partial charge in [-0.1, -0.05) is 0 Å². The lowest BCUT2D eigenvalue weighted by molar-refractivity contribution is 0.292. The maximum Gasteiger partial charge on any atom is 0.138 e. The molecule has 2 aromatic rings. The molecule has 0 unspecified atom stereocenters. The number of aryl methyl sites for hydroxylation is 1. The first-order valence-corrected chi connectivity index (χ1v) is 6.27. The lowest BCUT2D eigenvalue weighted by Crippen LogP contribution is -2.13. The van der Waals surface area contributed by atoms with Crippen LogP contribution in [0.3, 0.4) is 0 Å². The number of aliphatic hydroxyl groups is 1. The molecule has 6 heteroatoms. The van der Waals surface area contributed by atoms with E-state index in [2.05, 4.69) is 20.3 Å². The highest BCUT2D eigenvalue weighted by Gasteiger charge is 2.08. The van der Waals surface area contributed by atoms with Gasteiger partial charge < -0.3 is 20.3 Å². The molecule has 0 aliphatic rings. The second kappa shape index (κ2) is 6.19. The SMILES string of the molecule is Cc1nc(NCCCO)cc(N(C)c2cc[nH]c2)n1. The number of hydrogen-bond donors (Lipinski definition) is 3. The monoisotopic (exact) mass is 261 g/mol. The second-order valence-corrected chi connectivity index (χ2v) is 4.29. The van der Waals surface area contributed by atoms with Crippen LogP contribution in [0.4, 0.5) is 17.3 Å². The molecule has 6 nitrogen and oxygen atoms in total. The van der Waals surface area contributed by atoms with Crippen molar-refractivity contribution in [3.8, 4) is 0 Å². The molecule has 0 spiro atoms. The highest BCUT2D eigenvalue weighted by molar-refractivity contribution is 5.61. The molecule has 2 heterocycles. The van der Waals surface area contributed by atoms with Gasteiger partial charge in [-0.05, 0) is 19.4 Å². The summed E-state index contributed by atoms with van der Waals surface area (Å²) in [6, 6.07) is 3.88. The van der Waals surface area contributed by atoms with Crippen LogP contribution < -0.4 is 10.2 Å². The van der Waals surface area contributed by atoms with E-state index in [1.165, 1.54) is 0 Å². The van der Waals surface area contributed by atoms with Crippen LogP contribution in [0.1, 0.15) is 12.2 Å². The summed E-state index contributed by atoms with van der Waals surface area (Å²) >= 11 is 0. The molecule has 0 fully saturated rings. The molecule has 102 valence electrons. The molecule has 3 N–H and O–H groups in total. The fourth-order valence-corrected chi connectivity index (χ4v) is 1.77. The van der Waals surface area contributed by atoms with Crippen molar-refractivity contribution >= 4 is 17.3 Å². The van der Waals surface area contributed by atoms with Crippen molar-refractivity contribution in [3.05, 3.63) is 30.4 Å². The number of aromatic nitrogens is 3. The van der Waals surface area contributed by atoms with Gasteiger partial charge >= 0.3 is 0 Å². The Morgan fingerprint density at radius 2 is 2.26 bits per heavy atom. The van der Waals surface area contributed by atoms with Gasteiger partial charge in [0.15, 0.2) is 0 Å². The number of anilines is 3. The van der Waals surface area contributed by atoms with E-state index < -0.39 is 0 Å². The zero-order valence-electron chi connectivity index (χ0n) is 11.2. The Morgan fingerprint density at radius 1 is 1.42 bits per heavy atom. The van der Waals surface area contributed by atoms with E-state index in [0.29, 0.717) is 18.8 Å². The summed E-state index contributed by atoms with van der Waals surface area (Å²) < 4.78 is 0. The number of aliphatic hydroxyl groups excluding tert-OH is 1. The fraction of sp³-hybridized carbons (Fsp3) is 0.385. The summed E-state index contributed by atoms with van der Waals surface area (Å²) in [5.41, 5.74) is 1.04. The van der Waals surface area contributed by atoms with E-state index >= 15 is 0 Å². The number of H-pyrrole nitrogens is 1. The predicted molar refractivity (Wildman–Crippen MR) is 75.8 cm³/mol. The van der Waals surface area contributed by atoms with E-state index in [1.807, 2.05) is 43.4 Å². The van der Waals surface area contributed by atoms with Crippen molar-refractivity contribution in [2.24, 2.45) is 0 Å². The lowest BCUT2D eigenvalue weighted by Gasteiger charge is -2.17. The molecular formula is C13H19N5O. The van der Waals surface area contributed by atoms with E-state index in [-0.39, 0.29) is 6.61 Å². The molecule has 0 atom stereocenters. The summed E-state index contributed by atoms with van der Waals surface area (Å²) in [5, 5.41) is 12.0. The summed E-state index contributed by atoms with van der Waals surface area (Å²) in [6.45, 7) is 2.74. The Morgan fingerprint density at radius 3 is 2.95 bits per heavy atom. The van der Waals surface area contributed by atoms with Crippen LogP contribution in [0, 0.1) is 6.92 Å². The standard InChI is InChI=1S/C13H19N5O/c1-10-16-12(15-5-3-7-19)8-13(17-10)18(2)11-4-6-14-9-11/h4,6,8-9,14,19H,3,5,7H2,1-2H3,(H,15,16,17). The zero-order chi connectivity index (χ0) is 13.7. The fourth-order valence-electron chi connectivity index (χ4n) is 1.77. The van der Waals surface area contributed by atoms with Crippen molar-refractivity contribution in [1.82, 2.24) is 15.0 Å². The summed E-state index contributed by atoms with van der Waals surface area (Å²) in [4.78, 5) is 13.8.